The third kappa shape index (κ3) is 4.46. The maximum absolute atomic E-state index is 5.93. The van der Waals surface area contributed by atoms with Gasteiger partial charge in [-0.05, 0) is 36.5 Å². The van der Waals surface area contributed by atoms with Gasteiger partial charge in [0.15, 0.2) is 0 Å². The second-order valence-corrected chi connectivity index (χ2v) is 5.93. The number of aromatic amines is 1. The van der Waals surface area contributed by atoms with E-state index in [0.717, 1.165) is 42.6 Å². The molecule has 1 aromatic carbocycles. The predicted molar refractivity (Wildman–Crippen MR) is 91.5 cm³/mol. The molecule has 3 rings (SSSR count). The Hall–Kier alpha value is -1.07. The third-order valence-corrected chi connectivity index (χ3v) is 4.11. The first-order valence-electron chi connectivity index (χ1n) is 7.39. The van der Waals surface area contributed by atoms with Crippen molar-refractivity contribution in [2.75, 3.05) is 19.8 Å². The Morgan fingerprint density at radius 2 is 2.14 bits per heavy atom. The van der Waals surface area contributed by atoms with Crippen molar-refractivity contribution in [3.63, 3.8) is 0 Å². The molecule has 0 amide bonds. The van der Waals surface area contributed by atoms with Gasteiger partial charge < -0.3 is 10.1 Å². The van der Waals surface area contributed by atoms with Crippen LogP contribution < -0.4 is 5.32 Å². The maximum Gasteiger partial charge on any atom is 0.0695 e. The van der Waals surface area contributed by atoms with Crippen LogP contribution in [0.1, 0.15) is 18.4 Å². The summed E-state index contributed by atoms with van der Waals surface area (Å²) < 4.78 is 5.50. The quantitative estimate of drug-likeness (QED) is 0.872. The van der Waals surface area contributed by atoms with Crippen LogP contribution in [-0.2, 0) is 11.3 Å². The van der Waals surface area contributed by atoms with Crippen molar-refractivity contribution < 1.29 is 4.74 Å². The van der Waals surface area contributed by atoms with Gasteiger partial charge in [0.25, 0.3) is 0 Å². The topological polar surface area (TPSA) is 49.9 Å². The van der Waals surface area contributed by atoms with E-state index in [9.17, 15) is 0 Å². The molecule has 1 unspecified atom stereocenters. The maximum atomic E-state index is 5.93. The van der Waals surface area contributed by atoms with Crippen LogP contribution in [0.3, 0.4) is 0 Å². The number of H-pyrrole nitrogens is 1. The Morgan fingerprint density at radius 1 is 1.32 bits per heavy atom. The van der Waals surface area contributed by atoms with Crippen LogP contribution in [0.15, 0.2) is 30.5 Å². The van der Waals surface area contributed by atoms with Gasteiger partial charge in [-0.1, -0.05) is 23.7 Å². The van der Waals surface area contributed by atoms with Gasteiger partial charge in [-0.2, -0.15) is 5.10 Å². The molecule has 1 aliphatic heterocycles. The Balaban J connectivity index is 0.00000176. The summed E-state index contributed by atoms with van der Waals surface area (Å²) in [5.74, 6) is 0.629. The summed E-state index contributed by atoms with van der Waals surface area (Å²) in [7, 11) is 0. The Morgan fingerprint density at radius 3 is 2.86 bits per heavy atom. The molecule has 0 spiro atoms. The summed E-state index contributed by atoms with van der Waals surface area (Å²) >= 11 is 5.93. The molecule has 1 aromatic heterocycles. The highest BCUT2D eigenvalue weighted by atomic mass is 35.5. The summed E-state index contributed by atoms with van der Waals surface area (Å²) in [6.07, 6.45) is 4.31. The van der Waals surface area contributed by atoms with Crippen LogP contribution in [0.25, 0.3) is 11.3 Å². The number of rotatable bonds is 5. The third-order valence-electron chi connectivity index (χ3n) is 3.85. The van der Waals surface area contributed by atoms with Crippen molar-refractivity contribution in [3.8, 4) is 11.3 Å². The van der Waals surface area contributed by atoms with Crippen LogP contribution in [-0.4, -0.2) is 30.0 Å². The van der Waals surface area contributed by atoms with E-state index in [4.69, 9.17) is 16.3 Å². The first-order chi connectivity index (χ1) is 10.3. The fourth-order valence-corrected chi connectivity index (χ4v) is 2.82. The lowest BCUT2D eigenvalue weighted by Crippen LogP contribution is -2.28. The molecule has 2 heterocycles. The SMILES string of the molecule is Cl.Clc1ccc(-c2[nH]ncc2CNCC2CCCOC2)cc1. The Kier molecular flexibility index (Phi) is 6.70. The highest BCUT2D eigenvalue weighted by molar-refractivity contribution is 6.30. The van der Waals surface area contributed by atoms with Gasteiger partial charge in [0.1, 0.15) is 0 Å². The molecule has 0 aliphatic carbocycles. The number of halogens is 2. The highest BCUT2D eigenvalue weighted by Gasteiger charge is 2.14. The van der Waals surface area contributed by atoms with Crippen LogP contribution >= 0.6 is 24.0 Å². The molecule has 0 saturated carbocycles. The molecule has 1 aliphatic rings. The van der Waals surface area contributed by atoms with Crippen molar-refractivity contribution in [1.29, 1.82) is 0 Å². The summed E-state index contributed by atoms with van der Waals surface area (Å²) in [6, 6.07) is 7.81. The second-order valence-electron chi connectivity index (χ2n) is 5.49. The molecule has 4 nitrogen and oxygen atoms in total. The predicted octanol–water partition coefficient (Wildman–Crippen LogP) is 3.67. The van der Waals surface area contributed by atoms with Gasteiger partial charge >= 0.3 is 0 Å². The van der Waals surface area contributed by atoms with E-state index in [1.54, 1.807) is 0 Å². The first kappa shape index (κ1) is 17.3. The molecule has 2 N–H and O–H groups in total. The number of aromatic nitrogens is 2. The summed E-state index contributed by atoms with van der Waals surface area (Å²) in [5.41, 5.74) is 3.34. The van der Waals surface area contributed by atoms with Gasteiger partial charge in [0.2, 0.25) is 0 Å². The number of hydrogen-bond donors (Lipinski definition) is 2. The molecular formula is C16H21Cl2N3O. The number of nitrogens with zero attached hydrogens (tertiary/aromatic N) is 1. The van der Waals surface area contributed by atoms with Crippen molar-refractivity contribution >= 4 is 24.0 Å². The van der Waals surface area contributed by atoms with Gasteiger partial charge in [-0.25, -0.2) is 0 Å². The van der Waals surface area contributed by atoms with E-state index in [2.05, 4.69) is 15.5 Å². The first-order valence-corrected chi connectivity index (χ1v) is 7.77. The van der Waals surface area contributed by atoms with Crippen molar-refractivity contribution in [1.82, 2.24) is 15.5 Å². The molecule has 1 atom stereocenters. The minimum Gasteiger partial charge on any atom is -0.381 e. The lowest BCUT2D eigenvalue weighted by molar-refractivity contribution is 0.0547. The summed E-state index contributed by atoms with van der Waals surface area (Å²) in [5, 5.41) is 11.5. The van der Waals surface area contributed by atoms with E-state index in [1.165, 1.54) is 18.4 Å². The average Bonchev–Trinajstić information content (AvgIpc) is 2.98. The van der Waals surface area contributed by atoms with Crippen LogP contribution in [0, 0.1) is 5.92 Å². The highest BCUT2D eigenvalue weighted by Crippen LogP contribution is 2.23. The number of benzene rings is 1. The lowest BCUT2D eigenvalue weighted by atomic mass is 10.0. The lowest BCUT2D eigenvalue weighted by Gasteiger charge is -2.22. The zero-order chi connectivity index (χ0) is 14.5. The van der Waals surface area contributed by atoms with Gasteiger partial charge in [-0.3, -0.25) is 5.10 Å². The number of nitrogens with one attached hydrogen (secondary N) is 2. The molecule has 120 valence electrons. The van der Waals surface area contributed by atoms with E-state index in [0.29, 0.717) is 5.92 Å². The fraction of sp³-hybridized carbons (Fsp3) is 0.438. The number of ether oxygens (including phenoxy) is 1. The zero-order valence-corrected chi connectivity index (χ0v) is 13.9. The fourth-order valence-electron chi connectivity index (χ4n) is 2.69. The molecule has 0 bridgehead atoms. The zero-order valence-electron chi connectivity index (χ0n) is 12.3. The summed E-state index contributed by atoms with van der Waals surface area (Å²) in [4.78, 5) is 0. The largest absolute Gasteiger partial charge is 0.381 e. The van der Waals surface area contributed by atoms with E-state index < -0.39 is 0 Å². The normalized spacial score (nSPS) is 18.0. The minimum absolute atomic E-state index is 0. The van der Waals surface area contributed by atoms with Crippen LogP contribution in [0.5, 0.6) is 0 Å². The molecule has 1 saturated heterocycles. The molecule has 0 radical (unpaired) electrons. The molecular weight excluding hydrogens is 321 g/mol. The molecule has 22 heavy (non-hydrogen) atoms. The van der Waals surface area contributed by atoms with E-state index in [1.807, 2.05) is 30.5 Å². The second kappa shape index (κ2) is 8.53. The number of hydrogen-bond acceptors (Lipinski definition) is 3. The standard InChI is InChI=1S/C16H20ClN3O.ClH/c17-15-5-3-13(4-6-15)16-14(10-19-20-16)9-18-8-12-2-1-7-21-11-12;/h3-6,10,12,18H,1-2,7-9,11H2,(H,19,20);1H. The van der Waals surface area contributed by atoms with Crippen LogP contribution in [0.4, 0.5) is 0 Å². The molecule has 1 fully saturated rings. The molecule has 2 aromatic rings. The van der Waals surface area contributed by atoms with E-state index >= 15 is 0 Å². The monoisotopic (exact) mass is 341 g/mol. The van der Waals surface area contributed by atoms with Gasteiger partial charge in [0.05, 0.1) is 18.5 Å². The van der Waals surface area contributed by atoms with Gasteiger partial charge in [-0.15, -0.1) is 12.4 Å². The average molecular weight is 342 g/mol. The van der Waals surface area contributed by atoms with E-state index in [-0.39, 0.29) is 12.4 Å². The Labute approximate surface area is 142 Å². The van der Waals surface area contributed by atoms with Crippen molar-refractivity contribution in [2.45, 2.75) is 19.4 Å². The van der Waals surface area contributed by atoms with Crippen LogP contribution in [0.2, 0.25) is 5.02 Å². The van der Waals surface area contributed by atoms with Crippen molar-refractivity contribution in [3.05, 3.63) is 41.0 Å². The van der Waals surface area contributed by atoms with Crippen molar-refractivity contribution in [2.24, 2.45) is 5.92 Å². The smallest absolute Gasteiger partial charge is 0.0695 e. The van der Waals surface area contributed by atoms with Gasteiger partial charge in [0, 0.05) is 30.3 Å². The molecule has 6 heteroatoms. The summed E-state index contributed by atoms with van der Waals surface area (Å²) in [6.45, 7) is 3.59. The Bertz CT molecular complexity index is 565. The minimum atomic E-state index is 0.